The van der Waals surface area contributed by atoms with E-state index in [0.29, 0.717) is 11.1 Å². The molecule has 22 heavy (non-hydrogen) atoms. The number of nitrogens with zero attached hydrogens (tertiary/aromatic N) is 1. The van der Waals surface area contributed by atoms with Crippen molar-refractivity contribution in [3.8, 4) is 17.2 Å². The molecule has 0 spiro atoms. The lowest BCUT2D eigenvalue weighted by Gasteiger charge is -2.12. The molecule has 8 heteroatoms. The molecule has 1 unspecified atom stereocenters. The molecular weight excluding hydrogens is 317 g/mol. The third-order valence-corrected chi connectivity index (χ3v) is 3.27. The highest BCUT2D eigenvalue weighted by Crippen LogP contribution is 2.32. The molecule has 0 aliphatic rings. The SMILES string of the molecule is N#Cc1cc(NS(=O)[O-])ccc1-c1ccc(C(F)(F)F)cc1. The van der Waals surface area contributed by atoms with Gasteiger partial charge in [0.1, 0.15) is 0 Å². The zero-order chi connectivity index (χ0) is 16.3. The molecule has 0 aromatic heterocycles. The van der Waals surface area contributed by atoms with Crippen LogP contribution >= 0.6 is 0 Å². The highest BCUT2D eigenvalue weighted by molar-refractivity contribution is 7.80. The van der Waals surface area contributed by atoms with Crippen molar-refractivity contribution in [1.29, 1.82) is 5.26 Å². The fourth-order valence-corrected chi connectivity index (χ4v) is 2.21. The molecule has 114 valence electrons. The standard InChI is InChI=1S/C14H9F3N2O2S/c15-14(16,17)11-3-1-9(2-4-11)13-6-5-12(19-22(20)21)7-10(13)8-18/h1-7,19H,(H,20,21)/p-1. The van der Waals surface area contributed by atoms with Crippen LogP contribution in [0.1, 0.15) is 11.1 Å². The Hall–Kier alpha value is -2.37. The fourth-order valence-electron chi connectivity index (χ4n) is 1.89. The minimum atomic E-state index is -4.43. The van der Waals surface area contributed by atoms with Gasteiger partial charge in [0.05, 0.1) is 17.2 Å². The molecule has 0 fully saturated rings. The van der Waals surface area contributed by atoms with Crippen LogP contribution in [0.3, 0.4) is 0 Å². The second-order valence-electron chi connectivity index (χ2n) is 4.28. The van der Waals surface area contributed by atoms with Gasteiger partial charge in [-0.25, -0.2) is 0 Å². The number of benzene rings is 2. The van der Waals surface area contributed by atoms with Crippen molar-refractivity contribution in [1.82, 2.24) is 0 Å². The van der Waals surface area contributed by atoms with Gasteiger partial charge in [-0.3, -0.25) is 4.21 Å². The van der Waals surface area contributed by atoms with Gasteiger partial charge in [-0.05, 0) is 35.4 Å². The first-order valence-corrected chi connectivity index (χ1v) is 6.96. The fraction of sp³-hybridized carbons (Fsp3) is 0.0714. The first-order chi connectivity index (χ1) is 10.3. The maximum atomic E-state index is 12.5. The van der Waals surface area contributed by atoms with Gasteiger partial charge in [0.2, 0.25) is 0 Å². The van der Waals surface area contributed by atoms with E-state index in [1.165, 1.54) is 30.3 Å². The van der Waals surface area contributed by atoms with Crippen LogP contribution < -0.4 is 4.72 Å². The number of alkyl halides is 3. The van der Waals surface area contributed by atoms with Gasteiger partial charge in [0.25, 0.3) is 0 Å². The largest absolute Gasteiger partial charge is 0.755 e. The van der Waals surface area contributed by atoms with Crippen LogP contribution in [-0.4, -0.2) is 8.76 Å². The molecule has 0 bridgehead atoms. The zero-order valence-corrected chi connectivity index (χ0v) is 11.7. The molecule has 0 aliphatic heterocycles. The van der Waals surface area contributed by atoms with Crippen LogP contribution in [-0.2, 0) is 17.4 Å². The van der Waals surface area contributed by atoms with Crippen LogP contribution in [0.15, 0.2) is 42.5 Å². The van der Waals surface area contributed by atoms with Crippen LogP contribution in [0.4, 0.5) is 18.9 Å². The summed E-state index contributed by atoms with van der Waals surface area (Å²) >= 11 is -2.53. The van der Waals surface area contributed by atoms with Gasteiger partial charge in [0, 0.05) is 17.0 Å². The third-order valence-electron chi connectivity index (χ3n) is 2.86. The third kappa shape index (κ3) is 3.63. The van der Waals surface area contributed by atoms with E-state index in [9.17, 15) is 21.9 Å². The smallest absolute Gasteiger partial charge is 0.416 e. The van der Waals surface area contributed by atoms with Crippen LogP contribution in [0.2, 0.25) is 0 Å². The van der Waals surface area contributed by atoms with Gasteiger partial charge in [-0.15, -0.1) is 0 Å². The van der Waals surface area contributed by atoms with Crippen LogP contribution in [0.5, 0.6) is 0 Å². The number of nitriles is 1. The predicted octanol–water partition coefficient (Wildman–Crippen LogP) is 3.45. The van der Waals surface area contributed by atoms with E-state index >= 15 is 0 Å². The molecule has 0 aliphatic carbocycles. The summed E-state index contributed by atoms with van der Waals surface area (Å²) in [6.07, 6.45) is -4.43. The Morgan fingerprint density at radius 1 is 1.14 bits per heavy atom. The minimum absolute atomic E-state index is 0.148. The van der Waals surface area contributed by atoms with Gasteiger partial charge < -0.3 is 9.27 Å². The summed E-state index contributed by atoms with van der Waals surface area (Å²) in [7, 11) is 0. The van der Waals surface area contributed by atoms with E-state index in [1.54, 1.807) is 0 Å². The molecule has 0 saturated heterocycles. The summed E-state index contributed by atoms with van der Waals surface area (Å²) in [6, 6.07) is 10.5. The van der Waals surface area contributed by atoms with E-state index in [1.807, 2.05) is 6.07 Å². The number of hydrogen-bond donors (Lipinski definition) is 1. The lowest BCUT2D eigenvalue weighted by molar-refractivity contribution is -0.137. The lowest BCUT2D eigenvalue weighted by atomic mass is 9.99. The van der Waals surface area contributed by atoms with Gasteiger partial charge >= 0.3 is 6.18 Å². The van der Waals surface area contributed by atoms with E-state index in [2.05, 4.69) is 4.72 Å². The molecule has 2 aromatic rings. The van der Waals surface area contributed by atoms with Crippen LogP contribution in [0.25, 0.3) is 11.1 Å². The summed E-state index contributed by atoms with van der Waals surface area (Å²) in [6.45, 7) is 0. The Kier molecular flexibility index (Phi) is 4.49. The van der Waals surface area contributed by atoms with Crippen molar-refractivity contribution in [3.05, 3.63) is 53.6 Å². The average Bonchev–Trinajstić information content (AvgIpc) is 2.45. The lowest BCUT2D eigenvalue weighted by Crippen LogP contribution is -2.04. The first-order valence-electron chi connectivity index (χ1n) is 5.89. The molecule has 4 nitrogen and oxygen atoms in total. The van der Waals surface area contributed by atoms with Crippen molar-refractivity contribution in [3.63, 3.8) is 0 Å². The van der Waals surface area contributed by atoms with Crippen molar-refractivity contribution in [2.75, 3.05) is 4.72 Å². The highest BCUT2D eigenvalue weighted by Gasteiger charge is 2.30. The number of rotatable bonds is 3. The van der Waals surface area contributed by atoms with Crippen molar-refractivity contribution < 1.29 is 21.9 Å². The maximum Gasteiger partial charge on any atom is 0.416 e. The molecule has 1 atom stereocenters. The van der Waals surface area contributed by atoms with Gasteiger partial charge in [0.15, 0.2) is 0 Å². The van der Waals surface area contributed by atoms with E-state index in [0.717, 1.165) is 12.1 Å². The van der Waals surface area contributed by atoms with E-state index < -0.39 is 23.0 Å². The highest BCUT2D eigenvalue weighted by atomic mass is 32.2. The Labute approximate surface area is 126 Å². The Morgan fingerprint density at radius 3 is 2.27 bits per heavy atom. The Balaban J connectivity index is 2.40. The summed E-state index contributed by atoms with van der Waals surface area (Å²) in [5.41, 5.74) is 0.406. The predicted molar refractivity (Wildman–Crippen MR) is 74.1 cm³/mol. The number of anilines is 1. The van der Waals surface area contributed by atoms with Crippen molar-refractivity contribution in [2.24, 2.45) is 0 Å². The molecule has 0 radical (unpaired) electrons. The Morgan fingerprint density at radius 2 is 1.77 bits per heavy atom. The second kappa shape index (κ2) is 6.17. The number of hydrogen-bond acceptors (Lipinski definition) is 3. The molecule has 2 rings (SSSR count). The monoisotopic (exact) mass is 325 g/mol. The number of halogens is 3. The molecule has 0 saturated carbocycles. The Bertz CT molecular complexity index is 752. The second-order valence-corrected chi connectivity index (χ2v) is 4.96. The van der Waals surface area contributed by atoms with Crippen LogP contribution in [0, 0.1) is 11.3 Å². The molecule has 0 heterocycles. The summed E-state index contributed by atoms with van der Waals surface area (Å²) < 4.78 is 60.8. The quantitative estimate of drug-likeness (QED) is 0.878. The van der Waals surface area contributed by atoms with Gasteiger partial charge in [-0.2, -0.15) is 18.4 Å². The summed E-state index contributed by atoms with van der Waals surface area (Å²) in [4.78, 5) is 0. The van der Waals surface area contributed by atoms with E-state index in [-0.39, 0.29) is 11.3 Å². The first kappa shape index (κ1) is 16.0. The van der Waals surface area contributed by atoms with E-state index in [4.69, 9.17) is 5.26 Å². The van der Waals surface area contributed by atoms with Gasteiger partial charge in [-0.1, -0.05) is 18.2 Å². The topological polar surface area (TPSA) is 76.0 Å². The summed E-state index contributed by atoms with van der Waals surface area (Å²) in [5, 5.41) is 9.11. The normalized spacial score (nSPS) is 12.5. The molecular formula is C14H8F3N2O2S-. The zero-order valence-electron chi connectivity index (χ0n) is 10.8. The molecule has 2 aromatic carbocycles. The molecule has 0 amide bonds. The number of nitrogens with one attached hydrogen (secondary N) is 1. The molecule has 1 N–H and O–H groups in total. The average molecular weight is 325 g/mol. The van der Waals surface area contributed by atoms with Crippen molar-refractivity contribution >= 4 is 17.0 Å². The summed E-state index contributed by atoms with van der Waals surface area (Å²) in [5.74, 6) is 0. The maximum absolute atomic E-state index is 12.5. The minimum Gasteiger partial charge on any atom is -0.755 e. The van der Waals surface area contributed by atoms with Crippen molar-refractivity contribution in [2.45, 2.75) is 6.18 Å².